The minimum absolute atomic E-state index is 0.0656. The van der Waals surface area contributed by atoms with Crippen molar-refractivity contribution in [1.82, 2.24) is 20.0 Å². The van der Waals surface area contributed by atoms with Crippen LogP contribution in [0, 0.1) is 0 Å². The van der Waals surface area contributed by atoms with Crippen LogP contribution in [0.25, 0.3) is 22.2 Å². The van der Waals surface area contributed by atoms with Gasteiger partial charge in [0.05, 0.1) is 5.39 Å². The van der Waals surface area contributed by atoms with Crippen LogP contribution in [-0.2, 0) is 0 Å². The number of rotatable bonds is 6. The Kier molecular flexibility index (Phi) is 5.33. The first-order chi connectivity index (χ1) is 13.2. The molecule has 0 saturated carbocycles. The molecule has 3 heterocycles. The van der Waals surface area contributed by atoms with Crippen LogP contribution < -0.4 is 14.8 Å². The molecule has 3 N–H and O–H groups in total. The highest BCUT2D eigenvalue weighted by molar-refractivity contribution is 7.97. The third-order valence-corrected chi connectivity index (χ3v) is 5.62. The lowest BCUT2D eigenvalue weighted by molar-refractivity contribution is 0.0546. The molecular weight excluding hydrogens is 363 g/mol. The predicted octanol–water partition coefficient (Wildman–Crippen LogP) is 3.93. The molecule has 27 heavy (non-hydrogen) atoms. The number of aromatic nitrogens is 2. The number of nitrogens with zero attached hydrogens (tertiary/aromatic N) is 1. The Bertz CT molecular complexity index is 906. The Hall–Kier alpha value is -2.09. The van der Waals surface area contributed by atoms with Crippen LogP contribution in [0.3, 0.4) is 0 Å². The third kappa shape index (κ3) is 3.95. The molecule has 1 aromatic carbocycles. The maximum absolute atomic E-state index is 14.9. The zero-order valence-corrected chi connectivity index (χ0v) is 16.0. The van der Waals surface area contributed by atoms with Gasteiger partial charge in [-0.25, -0.2) is 9.37 Å². The molecule has 0 spiro atoms. The molecule has 0 amide bonds. The van der Waals surface area contributed by atoms with E-state index in [1.54, 1.807) is 18.1 Å². The topological polar surface area (TPSA) is 62.0 Å². The van der Waals surface area contributed by atoms with E-state index in [0.29, 0.717) is 31.7 Å². The monoisotopic (exact) mass is 386 g/mol. The zero-order valence-electron chi connectivity index (χ0n) is 15.2. The van der Waals surface area contributed by atoms with E-state index in [1.807, 2.05) is 19.3 Å². The number of benzene rings is 1. The molecule has 1 aliphatic rings. The average molecular weight is 386 g/mol. The zero-order chi connectivity index (χ0) is 18.7. The summed E-state index contributed by atoms with van der Waals surface area (Å²) in [6, 6.07) is 10.1. The van der Waals surface area contributed by atoms with Gasteiger partial charge in [-0.15, -0.1) is 0 Å². The molecule has 0 radical (unpaired) electrons. The summed E-state index contributed by atoms with van der Waals surface area (Å²) >= 11 is 1.57. The van der Waals surface area contributed by atoms with Gasteiger partial charge in [-0.05, 0) is 68.7 Å². The van der Waals surface area contributed by atoms with Gasteiger partial charge in [0.25, 0.3) is 0 Å². The number of halogens is 1. The molecule has 4 rings (SSSR count). The van der Waals surface area contributed by atoms with Crippen molar-refractivity contribution >= 4 is 23.0 Å². The van der Waals surface area contributed by atoms with Gasteiger partial charge in [-0.2, -0.15) is 0 Å². The summed E-state index contributed by atoms with van der Waals surface area (Å²) in [6.07, 6.45) is 4.58. The fourth-order valence-corrected chi connectivity index (χ4v) is 3.93. The van der Waals surface area contributed by atoms with Gasteiger partial charge in [0.2, 0.25) is 0 Å². The van der Waals surface area contributed by atoms with E-state index in [2.05, 4.69) is 44.3 Å². The summed E-state index contributed by atoms with van der Waals surface area (Å²) in [7, 11) is 1.90. The van der Waals surface area contributed by atoms with Crippen molar-refractivity contribution in [2.24, 2.45) is 0 Å². The van der Waals surface area contributed by atoms with Crippen LogP contribution in [0.5, 0.6) is 5.75 Å². The van der Waals surface area contributed by atoms with E-state index in [4.69, 9.17) is 4.74 Å². The molecule has 1 aliphatic heterocycles. The maximum atomic E-state index is 14.9. The van der Waals surface area contributed by atoms with Crippen LogP contribution in [0.1, 0.15) is 12.8 Å². The molecule has 0 aliphatic carbocycles. The molecule has 7 heteroatoms. The molecule has 5 nitrogen and oxygen atoms in total. The fourth-order valence-electron chi connectivity index (χ4n) is 3.42. The lowest BCUT2D eigenvalue weighted by atomic mass is 9.95. The molecule has 3 aromatic rings. The van der Waals surface area contributed by atoms with E-state index >= 15 is 0 Å². The quantitative estimate of drug-likeness (QED) is 0.561. The molecule has 1 fully saturated rings. The Morgan fingerprint density at radius 1 is 1.22 bits per heavy atom. The first-order valence-electron chi connectivity index (χ1n) is 9.11. The SMILES string of the molecule is CNSc1ccc(-c2c[nH]c3nccc(OCC4(F)CCNCC4)c23)cc1. The van der Waals surface area contributed by atoms with Gasteiger partial charge < -0.3 is 15.0 Å². The second-order valence-electron chi connectivity index (χ2n) is 6.76. The average Bonchev–Trinajstić information content (AvgIpc) is 3.13. The number of hydrogen-bond acceptors (Lipinski definition) is 5. The Labute approximate surface area is 162 Å². The van der Waals surface area contributed by atoms with E-state index in [1.165, 1.54) is 0 Å². The number of fused-ring (bicyclic) bond motifs is 1. The summed E-state index contributed by atoms with van der Waals surface area (Å²) in [5.41, 5.74) is 1.54. The molecular formula is C20H23FN4OS. The van der Waals surface area contributed by atoms with Gasteiger partial charge in [0.15, 0.2) is 0 Å². The lowest BCUT2D eigenvalue weighted by Crippen LogP contribution is -2.42. The number of pyridine rings is 1. The fraction of sp³-hybridized carbons (Fsp3) is 0.350. The minimum Gasteiger partial charge on any atom is -0.489 e. The number of nitrogens with one attached hydrogen (secondary N) is 3. The number of ether oxygens (including phenoxy) is 1. The molecule has 2 aromatic heterocycles. The van der Waals surface area contributed by atoms with Crippen molar-refractivity contribution in [1.29, 1.82) is 0 Å². The number of H-pyrrole nitrogens is 1. The van der Waals surface area contributed by atoms with Gasteiger partial charge >= 0.3 is 0 Å². The van der Waals surface area contributed by atoms with E-state index in [9.17, 15) is 4.39 Å². The van der Waals surface area contributed by atoms with Gasteiger partial charge in [-0.3, -0.25) is 4.72 Å². The highest BCUT2D eigenvalue weighted by Gasteiger charge is 2.32. The third-order valence-electron chi connectivity index (χ3n) is 4.91. The standard InChI is InChI=1S/C20H23FN4OS/c1-22-27-15-4-2-14(3-5-15)16-12-25-19-18(16)17(6-9-24-19)26-13-20(21)7-10-23-11-8-20/h2-6,9,12,22-23H,7-8,10-11,13H2,1H3,(H,24,25). The summed E-state index contributed by atoms with van der Waals surface area (Å²) < 4.78 is 24.0. The molecule has 142 valence electrons. The molecule has 0 bridgehead atoms. The van der Waals surface area contributed by atoms with Crippen molar-refractivity contribution < 1.29 is 9.13 Å². The summed E-state index contributed by atoms with van der Waals surface area (Å²) in [5, 5.41) is 4.08. The highest BCUT2D eigenvalue weighted by Crippen LogP contribution is 2.36. The number of hydrogen-bond donors (Lipinski definition) is 3. The number of alkyl halides is 1. The first-order valence-corrected chi connectivity index (χ1v) is 9.93. The Morgan fingerprint density at radius 2 is 2.00 bits per heavy atom. The summed E-state index contributed by atoms with van der Waals surface area (Å²) in [6.45, 7) is 1.45. The molecule has 0 atom stereocenters. The number of piperidine rings is 1. The van der Waals surface area contributed by atoms with Crippen LogP contribution in [0.15, 0.2) is 47.6 Å². The summed E-state index contributed by atoms with van der Waals surface area (Å²) in [5.74, 6) is 0.667. The second kappa shape index (κ2) is 7.88. The van der Waals surface area contributed by atoms with Gasteiger partial charge in [0.1, 0.15) is 23.7 Å². The summed E-state index contributed by atoms with van der Waals surface area (Å²) in [4.78, 5) is 8.74. The second-order valence-corrected chi connectivity index (χ2v) is 7.84. The van der Waals surface area contributed by atoms with Crippen LogP contribution in [0.2, 0.25) is 0 Å². The van der Waals surface area contributed by atoms with Crippen molar-refractivity contribution in [3.63, 3.8) is 0 Å². The molecule has 0 unspecified atom stereocenters. The number of aromatic amines is 1. The van der Waals surface area contributed by atoms with Crippen molar-refractivity contribution in [2.75, 3.05) is 26.7 Å². The Morgan fingerprint density at radius 3 is 2.74 bits per heavy atom. The van der Waals surface area contributed by atoms with Crippen LogP contribution in [-0.4, -0.2) is 42.4 Å². The van der Waals surface area contributed by atoms with Gasteiger partial charge in [0, 0.05) is 22.9 Å². The van der Waals surface area contributed by atoms with E-state index in [-0.39, 0.29) is 6.61 Å². The normalized spacial score (nSPS) is 16.5. The van der Waals surface area contributed by atoms with Crippen LogP contribution in [0.4, 0.5) is 4.39 Å². The first kappa shape index (κ1) is 18.3. The molecule has 1 saturated heterocycles. The minimum atomic E-state index is -1.27. The van der Waals surface area contributed by atoms with Crippen molar-refractivity contribution in [2.45, 2.75) is 23.4 Å². The van der Waals surface area contributed by atoms with Crippen molar-refractivity contribution in [3.8, 4) is 16.9 Å². The maximum Gasteiger partial charge on any atom is 0.147 e. The predicted molar refractivity (Wildman–Crippen MR) is 108 cm³/mol. The van der Waals surface area contributed by atoms with E-state index in [0.717, 1.165) is 27.1 Å². The van der Waals surface area contributed by atoms with Gasteiger partial charge in [-0.1, -0.05) is 12.1 Å². The smallest absolute Gasteiger partial charge is 0.147 e. The Balaban J connectivity index is 1.63. The van der Waals surface area contributed by atoms with Crippen LogP contribution >= 0.6 is 11.9 Å². The van der Waals surface area contributed by atoms with Crippen molar-refractivity contribution in [3.05, 3.63) is 42.7 Å². The highest BCUT2D eigenvalue weighted by atomic mass is 32.2. The lowest BCUT2D eigenvalue weighted by Gasteiger charge is -2.29. The largest absolute Gasteiger partial charge is 0.489 e. The van der Waals surface area contributed by atoms with E-state index < -0.39 is 5.67 Å².